The standard InChI is InChI=1S/C16H14O4/c1-9-6-10(17)2-4-12(9)14-8-20-15-7-11(18)3-5-13(15)16(14)19/h2-5,7-9,17-18H,6H2,1H3. The molecule has 0 saturated carbocycles. The maximum atomic E-state index is 12.5. The molecule has 4 nitrogen and oxygen atoms in total. The SMILES string of the molecule is CC1CC(O)=CC=C1c1coc2cc(O)ccc2c1=O. The molecule has 4 heteroatoms. The summed E-state index contributed by atoms with van der Waals surface area (Å²) in [6, 6.07) is 4.44. The Bertz CT molecular complexity index is 796. The molecule has 1 atom stereocenters. The van der Waals surface area contributed by atoms with Crippen LogP contribution in [0.15, 0.2) is 51.6 Å². The normalized spacial score (nSPS) is 18.8. The Balaban J connectivity index is 2.21. The summed E-state index contributed by atoms with van der Waals surface area (Å²) in [7, 11) is 0. The van der Waals surface area contributed by atoms with Crippen molar-refractivity contribution in [2.75, 3.05) is 0 Å². The molecule has 0 saturated heterocycles. The van der Waals surface area contributed by atoms with Gasteiger partial charge >= 0.3 is 0 Å². The van der Waals surface area contributed by atoms with Gasteiger partial charge < -0.3 is 14.6 Å². The summed E-state index contributed by atoms with van der Waals surface area (Å²) in [4.78, 5) is 12.5. The third-order valence-corrected chi connectivity index (χ3v) is 3.57. The van der Waals surface area contributed by atoms with E-state index in [4.69, 9.17) is 4.42 Å². The molecule has 1 aromatic heterocycles. The zero-order valence-electron chi connectivity index (χ0n) is 11.0. The molecule has 0 spiro atoms. The molecular weight excluding hydrogens is 256 g/mol. The number of aliphatic hydroxyl groups is 1. The lowest BCUT2D eigenvalue weighted by molar-refractivity contribution is 0.372. The van der Waals surface area contributed by atoms with Crippen LogP contribution in [0.1, 0.15) is 18.9 Å². The summed E-state index contributed by atoms with van der Waals surface area (Å²) in [6.45, 7) is 1.95. The molecule has 3 rings (SSSR count). The number of fused-ring (bicyclic) bond motifs is 1. The molecule has 1 aliphatic rings. The topological polar surface area (TPSA) is 70.7 Å². The van der Waals surface area contributed by atoms with Gasteiger partial charge in [0.15, 0.2) is 5.43 Å². The van der Waals surface area contributed by atoms with E-state index in [9.17, 15) is 15.0 Å². The molecular formula is C16H14O4. The minimum atomic E-state index is -0.126. The minimum Gasteiger partial charge on any atom is -0.512 e. The highest BCUT2D eigenvalue weighted by Crippen LogP contribution is 2.31. The molecule has 0 amide bonds. The number of rotatable bonds is 1. The van der Waals surface area contributed by atoms with Crippen LogP contribution in [-0.4, -0.2) is 10.2 Å². The second kappa shape index (κ2) is 4.56. The highest BCUT2D eigenvalue weighted by atomic mass is 16.3. The summed E-state index contributed by atoms with van der Waals surface area (Å²) in [5.74, 6) is 0.431. The number of hydrogen-bond acceptors (Lipinski definition) is 4. The van der Waals surface area contributed by atoms with Crippen LogP contribution in [0.4, 0.5) is 0 Å². The van der Waals surface area contributed by atoms with Gasteiger partial charge in [-0.25, -0.2) is 0 Å². The Morgan fingerprint density at radius 1 is 1.25 bits per heavy atom. The lowest BCUT2D eigenvalue weighted by Gasteiger charge is -2.18. The molecule has 2 aromatic rings. The fourth-order valence-electron chi connectivity index (χ4n) is 2.51. The number of phenols is 1. The van der Waals surface area contributed by atoms with E-state index in [0.29, 0.717) is 28.7 Å². The van der Waals surface area contributed by atoms with Crippen LogP contribution in [0.5, 0.6) is 5.75 Å². The molecule has 0 bridgehead atoms. The van der Waals surface area contributed by atoms with Crippen LogP contribution >= 0.6 is 0 Å². The van der Waals surface area contributed by atoms with Gasteiger partial charge in [-0.3, -0.25) is 4.79 Å². The molecule has 1 aliphatic carbocycles. The van der Waals surface area contributed by atoms with Crippen LogP contribution < -0.4 is 5.43 Å². The molecule has 0 radical (unpaired) electrons. The first kappa shape index (κ1) is 12.5. The molecule has 0 fully saturated rings. The largest absolute Gasteiger partial charge is 0.512 e. The van der Waals surface area contributed by atoms with Gasteiger partial charge in [-0.15, -0.1) is 0 Å². The number of allylic oxidation sites excluding steroid dienone is 4. The van der Waals surface area contributed by atoms with Crippen molar-refractivity contribution >= 4 is 16.5 Å². The fraction of sp³-hybridized carbons (Fsp3) is 0.188. The van der Waals surface area contributed by atoms with E-state index >= 15 is 0 Å². The second-order valence-electron chi connectivity index (χ2n) is 5.04. The Morgan fingerprint density at radius 2 is 2.05 bits per heavy atom. The van der Waals surface area contributed by atoms with E-state index in [1.165, 1.54) is 18.4 Å². The monoisotopic (exact) mass is 270 g/mol. The first-order chi connectivity index (χ1) is 9.56. The van der Waals surface area contributed by atoms with Gasteiger partial charge in [-0.05, 0) is 29.7 Å². The zero-order chi connectivity index (χ0) is 14.3. The Labute approximate surface area is 115 Å². The Kier molecular flexibility index (Phi) is 2.86. The Morgan fingerprint density at radius 3 is 2.80 bits per heavy atom. The predicted molar refractivity (Wildman–Crippen MR) is 76.6 cm³/mol. The molecule has 2 N–H and O–H groups in total. The van der Waals surface area contributed by atoms with Crippen LogP contribution in [0.2, 0.25) is 0 Å². The van der Waals surface area contributed by atoms with Crippen LogP contribution in [0, 0.1) is 5.92 Å². The van der Waals surface area contributed by atoms with Crippen molar-refractivity contribution < 1.29 is 14.6 Å². The average molecular weight is 270 g/mol. The number of hydrogen-bond donors (Lipinski definition) is 2. The Hall–Kier alpha value is -2.49. The first-order valence-electron chi connectivity index (χ1n) is 6.41. The average Bonchev–Trinajstić information content (AvgIpc) is 2.40. The maximum absolute atomic E-state index is 12.5. The van der Waals surface area contributed by atoms with Crippen LogP contribution in [0.3, 0.4) is 0 Å². The van der Waals surface area contributed by atoms with E-state index in [-0.39, 0.29) is 17.1 Å². The van der Waals surface area contributed by atoms with Gasteiger partial charge in [0.1, 0.15) is 17.6 Å². The molecule has 1 aromatic carbocycles. The van der Waals surface area contributed by atoms with Crippen molar-refractivity contribution in [3.8, 4) is 5.75 Å². The van der Waals surface area contributed by atoms with Gasteiger partial charge in [0.05, 0.1) is 16.7 Å². The molecule has 1 heterocycles. The molecule has 1 unspecified atom stereocenters. The van der Waals surface area contributed by atoms with E-state index in [1.807, 2.05) is 6.92 Å². The van der Waals surface area contributed by atoms with Crippen LogP contribution in [0.25, 0.3) is 16.5 Å². The lowest BCUT2D eigenvalue weighted by atomic mass is 9.87. The van der Waals surface area contributed by atoms with Crippen molar-refractivity contribution in [1.82, 2.24) is 0 Å². The number of aromatic hydroxyl groups is 1. The van der Waals surface area contributed by atoms with Gasteiger partial charge in [-0.1, -0.05) is 13.0 Å². The van der Waals surface area contributed by atoms with Gasteiger partial charge in [0, 0.05) is 12.5 Å². The molecule has 102 valence electrons. The number of phenolic OH excluding ortho intramolecular Hbond substituents is 1. The summed E-state index contributed by atoms with van der Waals surface area (Å²) >= 11 is 0. The van der Waals surface area contributed by atoms with Crippen molar-refractivity contribution in [3.05, 3.63) is 58.2 Å². The summed E-state index contributed by atoms with van der Waals surface area (Å²) < 4.78 is 5.45. The predicted octanol–water partition coefficient (Wildman–Crippen LogP) is 3.36. The van der Waals surface area contributed by atoms with Crippen molar-refractivity contribution in [2.24, 2.45) is 5.92 Å². The van der Waals surface area contributed by atoms with Gasteiger partial charge in [0.25, 0.3) is 0 Å². The van der Waals surface area contributed by atoms with Crippen molar-refractivity contribution in [2.45, 2.75) is 13.3 Å². The molecule has 20 heavy (non-hydrogen) atoms. The van der Waals surface area contributed by atoms with E-state index < -0.39 is 0 Å². The van der Waals surface area contributed by atoms with E-state index in [0.717, 1.165) is 5.57 Å². The highest BCUT2D eigenvalue weighted by Gasteiger charge is 2.20. The number of aliphatic hydroxyl groups excluding tert-OH is 1. The van der Waals surface area contributed by atoms with Gasteiger partial charge in [-0.2, -0.15) is 0 Å². The summed E-state index contributed by atoms with van der Waals surface area (Å²) in [5, 5.41) is 19.3. The third-order valence-electron chi connectivity index (χ3n) is 3.57. The quantitative estimate of drug-likeness (QED) is 0.833. The summed E-state index contributed by atoms with van der Waals surface area (Å²) in [5.41, 5.74) is 1.59. The fourth-order valence-corrected chi connectivity index (χ4v) is 2.51. The van der Waals surface area contributed by atoms with Crippen molar-refractivity contribution in [3.63, 3.8) is 0 Å². The van der Waals surface area contributed by atoms with Crippen molar-refractivity contribution in [1.29, 1.82) is 0 Å². The molecule has 0 aliphatic heterocycles. The number of benzene rings is 1. The van der Waals surface area contributed by atoms with E-state index in [1.54, 1.807) is 18.2 Å². The summed E-state index contributed by atoms with van der Waals surface area (Å²) in [6.07, 6.45) is 5.29. The highest BCUT2D eigenvalue weighted by molar-refractivity contribution is 5.82. The van der Waals surface area contributed by atoms with Crippen LogP contribution in [-0.2, 0) is 0 Å². The lowest BCUT2D eigenvalue weighted by Crippen LogP contribution is -2.13. The minimum absolute atomic E-state index is 0.0532. The second-order valence-corrected chi connectivity index (χ2v) is 5.04. The maximum Gasteiger partial charge on any atom is 0.200 e. The first-order valence-corrected chi connectivity index (χ1v) is 6.41. The van der Waals surface area contributed by atoms with E-state index in [2.05, 4.69) is 0 Å². The zero-order valence-corrected chi connectivity index (χ0v) is 11.0. The third kappa shape index (κ3) is 1.99. The smallest absolute Gasteiger partial charge is 0.200 e. The van der Waals surface area contributed by atoms with Gasteiger partial charge in [0.2, 0.25) is 0 Å².